The third kappa shape index (κ3) is 8.62. The first-order valence-electron chi connectivity index (χ1n) is 14.3. The van der Waals surface area contributed by atoms with E-state index >= 15 is 0 Å². The predicted molar refractivity (Wildman–Crippen MR) is 146 cm³/mol. The van der Waals surface area contributed by atoms with Gasteiger partial charge in [0.1, 0.15) is 11.4 Å². The standard InChI is InChI=1S/C31H37F7N2O3/c1-19(21-14-22(30(33,34)35)16-23(15-21)31(36,37)38)42-27-11-13-39(18-26(27)20-7-9-24(32)10-8-20)25-6-5-12-40(17-25)28(41)43-29(2,3)4/h7-10,14-16,19,25-27H,5-6,11-13,17-18H2,1-4H3/t19-,25?,26-,27+/m1/s1. The highest BCUT2D eigenvalue weighted by Gasteiger charge is 2.40. The van der Waals surface area contributed by atoms with Gasteiger partial charge in [-0.25, -0.2) is 9.18 Å². The first-order valence-corrected chi connectivity index (χ1v) is 14.3. The summed E-state index contributed by atoms with van der Waals surface area (Å²) in [7, 11) is 0. The summed E-state index contributed by atoms with van der Waals surface area (Å²) in [5, 5.41) is 0. The molecule has 0 N–H and O–H groups in total. The van der Waals surface area contributed by atoms with E-state index in [1.165, 1.54) is 19.1 Å². The molecule has 4 atom stereocenters. The highest BCUT2D eigenvalue weighted by atomic mass is 19.4. The van der Waals surface area contributed by atoms with Crippen LogP contribution in [0.25, 0.3) is 0 Å². The lowest BCUT2D eigenvalue weighted by Crippen LogP contribution is -2.54. The van der Waals surface area contributed by atoms with Crippen LogP contribution in [0.4, 0.5) is 35.5 Å². The van der Waals surface area contributed by atoms with Crippen molar-refractivity contribution in [1.29, 1.82) is 0 Å². The largest absolute Gasteiger partial charge is 0.444 e. The van der Waals surface area contributed by atoms with Gasteiger partial charge in [0.25, 0.3) is 0 Å². The summed E-state index contributed by atoms with van der Waals surface area (Å²) in [4.78, 5) is 16.6. The van der Waals surface area contributed by atoms with E-state index in [4.69, 9.17) is 9.47 Å². The maximum atomic E-state index is 13.8. The number of amides is 1. The average Bonchev–Trinajstić information content (AvgIpc) is 2.91. The highest BCUT2D eigenvalue weighted by Crippen LogP contribution is 2.40. The van der Waals surface area contributed by atoms with Crippen molar-refractivity contribution < 1.29 is 45.0 Å². The van der Waals surface area contributed by atoms with Crippen LogP contribution >= 0.6 is 0 Å². The zero-order valence-corrected chi connectivity index (χ0v) is 24.6. The molecule has 2 aromatic carbocycles. The zero-order valence-electron chi connectivity index (χ0n) is 24.6. The molecular weight excluding hydrogens is 581 g/mol. The molecule has 0 aliphatic carbocycles. The summed E-state index contributed by atoms with van der Waals surface area (Å²) in [6.07, 6.45) is -9.93. The molecule has 1 unspecified atom stereocenters. The van der Waals surface area contributed by atoms with Crippen molar-refractivity contribution in [2.75, 3.05) is 26.2 Å². The van der Waals surface area contributed by atoms with Crippen LogP contribution < -0.4 is 0 Å². The fourth-order valence-corrected chi connectivity index (χ4v) is 5.78. The minimum absolute atomic E-state index is 0.0143. The third-order valence-corrected chi connectivity index (χ3v) is 7.90. The Kier molecular flexibility index (Phi) is 9.71. The van der Waals surface area contributed by atoms with Gasteiger partial charge >= 0.3 is 18.4 Å². The average molecular weight is 619 g/mol. The molecule has 0 saturated carbocycles. The zero-order chi connectivity index (χ0) is 31.7. The summed E-state index contributed by atoms with van der Waals surface area (Å²) >= 11 is 0. The quantitative estimate of drug-likeness (QED) is 0.317. The van der Waals surface area contributed by atoms with Crippen LogP contribution in [0, 0.1) is 5.82 Å². The van der Waals surface area contributed by atoms with Crippen LogP contribution in [0.2, 0.25) is 0 Å². The van der Waals surface area contributed by atoms with Gasteiger partial charge in [-0.15, -0.1) is 0 Å². The van der Waals surface area contributed by atoms with Crippen LogP contribution in [-0.2, 0) is 21.8 Å². The van der Waals surface area contributed by atoms with Gasteiger partial charge in [0.15, 0.2) is 0 Å². The number of halogens is 7. The molecule has 2 saturated heterocycles. The van der Waals surface area contributed by atoms with Crippen molar-refractivity contribution in [3.8, 4) is 0 Å². The molecule has 0 bridgehead atoms. The second-order valence-corrected chi connectivity index (χ2v) is 12.3. The molecule has 2 aliphatic heterocycles. The Morgan fingerprint density at radius 1 is 0.884 bits per heavy atom. The van der Waals surface area contributed by atoms with E-state index in [0.29, 0.717) is 44.7 Å². The molecule has 2 fully saturated rings. The van der Waals surface area contributed by atoms with Crippen LogP contribution in [0.15, 0.2) is 42.5 Å². The first-order chi connectivity index (χ1) is 19.9. The molecule has 12 heteroatoms. The van der Waals surface area contributed by atoms with Gasteiger partial charge in [0, 0.05) is 38.1 Å². The summed E-state index contributed by atoms with van der Waals surface area (Å²) in [5.74, 6) is -0.784. The van der Waals surface area contributed by atoms with Gasteiger partial charge in [-0.1, -0.05) is 12.1 Å². The Bertz CT molecular complexity index is 1230. The maximum absolute atomic E-state index is 13.8. The van der Waals surface area contributed by atoms with Gasteiger partial charge in [-0.2, -0.15) is 26.3 Å². The molecule has 1 amide bonds. The molecule has 5 nitrogen and oxygen atoms in total. The lowest BCUT2D eigenvalue weighted by molar-refractivity contribution is -0.143. The summed E-state index contributed by atoms with van der Waals surface area (Å²) < 4.78 is 106. The molecule has 2 aliphatic rings. The number of rotatable bonds is 5. The number of nitrogens with zero attached hydrogens (tertiary/aromatic N) is 2. The van der Waals surface area contributed by atoms with Gasteiger partial charge in [-0.05, 0) is 88.4 Å². The molecule has 0 spiro atoms. The lowest BCUT2D eigenvalue weighted by Gasteiger charge is -2.46. The minimum atomic E-state index is -4.97. The SMILES string of the molecule is C[C@@H](O[C@H]1CCN(C2CCCN(C(=O)OC(C)(C)C)C2)C[C@@H]1c1ccc(F)cc1)c1cc(C(F)(F)F)cc(C(F)(F)F)c1. The molecule has 2 heterocycles. The van der Waals surface area contributed by atoms with E-state index in [1.807, 2.05) is 0 Å². The number of likely N-dealkylation sites (tertiary alicyclic amines) is 2. The summed E-state index contributed by atoms with van der Waals surface area (Å²) in [6, 6.07) is 7.34. The number of alkyl halides is 6. The van der Waals surface area contributed by atoms with Gasteiger partial charge in [0.2, 0.25) is 0 Å². The molecule has 4 rings (SSSR count). The monoisotopic (exact) mass is 618 g/mol. The van der Waals surface area contributed by atoms with Crippen molar-refractivity contribution in [2.45, 2.75) is 89.1 Å². The number of carbonyl (C=O) groups is 1. The Balaban J connectivity index is 1.56. The Labute approximate surface area is 246 Å². The molecule has 238 valence electrons. The fourth-order valence-electron chi connectivity index (χ4n) is 5.78. The first kappa shape index (κ1) is 33.0. The van der Waals surface area contributed by atoms with E-state index in [0.717, 1.165) is 18.4 Å². The normalized spacial score (nSPS) is 23.2. The highest BCUT2D eigenvalue weighted by molar-refractivity contribution is 5.68. The molecule has 2 aromatic rings. The number of carbonyl (C=O) groups excluding carboxylic acids is 1. The Hall–Kier alpha value is -2.86. The molecular formula is C31H37F7N2O3. The van der Waals surface area contributed by atoms with Gasteiger partial charge in [-0.3, -0.25) is 4.90 Å². The topological polar surface area (TPSA) is 42.0 Å². The maximum Gasteiger partial charge on any atom is 0.416 e. The van der Waals surface area contributed by atoms with Crippen LogP contribution in [0.5, 0.6) is 0 Å². The van der Waals surface area contributed by atoms with E-state index in [1.54, 1.807) is 37.8 Å². The van der Waals surface area contributed by atoms with Crippen molar-refractivity contribution in [2.24, 2.45) is 0 Å². The molecule has 0 aromatic heterocycles. The van der Waals surface area contributed by atoms with E-state index in [2.05, 4.69) is 4.90 Å². The van der Waals surface area contributed by atoms with Crippen LogP contribution in [0.3, 0.4) is 0 Å². The summed E-state index contributed by atoms with van der Waals surface area (Å²) in [6.45, 7) is 8.85. The van der Waals surface area contributed by atoms with Gasteiger partial charge < -0.3 is 14.4 Å². The number of hydrogen-bond acceptors (Lipinski definition) is 4. The molecule has 0 radical (unpaired) electrons. The number of piperidine rings is 2. The van der Waals surface area contributed by atoms with Crippen molar-refractivity contribution in [3.05, 3.63) is 70.5 Å². The predicted octanol–water partition coefficient (Wildman–Crippen LogP) is 8.20. The summed E-state index contributed by atoms with van der Waals surface area (Å²) in [5.41, 5.74) is -2.93. The van der Waals surface area contributed by atoms with Crippen molar-refractivity contribution in [3.63, 3.8) is 0 Å². The van der Waals surface area contributed by atoms with E-state index < -0.39 is 53.2 Å². The van der Waals surface area contributed by atoms with Gasteiger partial charge in [0.05, 0.1) is 23.3 Å². The van der Waals surface area contributed by atoms with E-state index in [9.17, 15) is 35.5 Å². The number of ether oxygens (including phenoxy) is 2. The lowest BCUT2D eigenvalue weighted by atomic mass is 9.86. The second-order valence-electron chi connectivity index (χ2n) is 12.3. The van der Waals surface area contributed by atoms with Crippen molar-refractivity contribution >= 4 is 6.09 Å². The smallest absolute Gasteiger partial charge is 0.416 e. The van der Waals surface area contributed by atoms with Crippen LogP contribution in [0.1, 0.15) is 81.2 Å². The number of hydrogen-bond donors (Lipinski definition) is 0. The molecule has 43 heavy (non-hydrogen) atoms. The fraction of sp³-hybridized carbons (Fsp3) is 0.581. The number of benzene rings is 2. The minimum Gasteiger partial charge on any atom is -0.444 e. The Morgan fingerprint density at radius 2 is 1.49 bits per heavy atom. The van der Waals surface area contributed by atoms with Crippen molar-refractivity contribution in [1.82, 2.24) is 9.80 Å². The van der Waals surface area contributed by atoms with Crippen LogP contribution in [-0.4, -0.2) is 59.8 Å². The third-order valence-electron chi connectivity index (χ3n) is 7.90. The Morgan fingerprint density at radius 3 is 2.05 bits per heavy atom. The second kappa shape index (κ2) is 12.6. The van der Waals surface area contributed by atoms with E-state index in [-0.39, 0.29) is 23.6 Å².